The van der Waals surface area contributed by atoms with Gasteiger partial charge < -0.3 is 5.32 Å². The average molecular weight is 474 g/mol. The molecule has 0 atom stereocenters. The zero-order valence-electron chi connectivity index (χ0n) is 17.2. The SMILES string of the molecule is O=C(CSc1n[nH]c(=O)n1Cc1ccccc1)Nc1cccc(S(=O)(=O)N2CCCC2)c1. The van der Waals surface area contributed by atoms with Crippen molar-refractivity contribution in [3.8, 4) is 0 Å². The predicted molar refractivity (Wildman–Crippen MR) is 122 cm³/mol. The summed E-state index contributed by atoms with van der Waals surface area (Å²) in [7, 11) is -3.56. The van der Waals surface area contributed by atoms with Crippen LogP contribution in [0.25, 0.3) is 0 Å². The van der Waals surface area contributed by atoms with Gasteiger partial charge in [-0.2, -0.15) is 4.31 Å². The van der Waals surface area contributed by atoms with Crippen molar-refractivity contribution in [1.82, 2.24) is 19.1 Å². The number of carbonyl (C=O) groups excluding carboxylic acids is 1. The Bertz CT molecular complexity index is 1250. The molecule has 2 N–H and O–H groups in total. The predicted octanol–water partition coefficient (Wildman–Crippen LogP) is 2.13. The number of benzene rings is 2. The van der Waals surface area contributed by atoms with Crippen molar-refractivity contribution >= 4 is 33.4 Å². The van der Waals surface area contributed by atoms with Gasteiger partial charge >= 0.3 is 5.69 Å². The van der Waals surface area contributed by atoms with Crippen LogP contribution in [-0.2, 0) is 21.4 Å². The lowest BCUT2D eigenvalue weighted by Gasteiger charge is -2.16. The molecule has 9 nitrogen and oxygen atoms in total. The smallest absolute Gasteiger partial charge is 0.325 e. The molecule has 0 bridgehead atoms. The maximum Gasteiger partial charge on any atom is 0.344 e. The summed E-state index contributed by atoms with van der Waals surface area (Å²) in [5.74, 6) is -0.310. The Morgan fingerprint density at radius 1 is 1.09 bits per heavy atom. The fraction of sp³-hybridized carbons (Fsp3) is 0.286. The van der Waals surface area contributed by atoms with E-state index in [1.807, 2.05) is 30.3 Å². The molecule has 0 spiro atoms. The normalized spacial score (nSPS) is 14.5. The van der Waals surface area contributed by atoms with Gasteiger partial charge in [0, 0.05) is 18.8 Å². The zero-order valence-corrected chi connectivity index (χ0v) is 18.9. The van der Waals surface area contributed by atoms with Gasteiger partial charge in [-0.3, -0.25) is 9.36 Å². The molecule has 0 aliphatic carbocycles. The van der Waals surface area contributed by atoms with Gasteiger partial charge in [-0.1, -0.05) is 48.2 Å². The van der Waals surface area contributed by atoms with Gasteiger partial charge in [-0.15, -0.1) is 5.10 Å². The van der Waals surface area contributed by atoms with Crippen molar-refractivity contribution in [2.24, 2.45) is 0 Å². The number of amides is 1. The average Bonchev–Trinajstić information content (AvgIpc) is 3.45. The molecule has 0 radical (unpaired) electrons. The van der Waals surface area contributed by atoms with E-state index in [1.54, 1.807) is 12.1 Å². The molecular weight excluding hydrogens is 450 g/mol. The Balaban J connectivity index is 1.40. The maximum atomic E-state index is 12.7. The van der Waals surface area contributed by atoms with Crippen LogP contribution in [0.4, 0.5) is 5.69 Å². The molecule has 2 heterocycles. The number of anilines is 1. The van der Waals surface area contributed by atoms with Crippen LogP contribution in [0.3, 0.4) is 0 Å². The van der Waals surface area contributed by atoms with E-state index in [0.717, 1.165) is 30.2 Å². The molecule has 32 heavy (non-hydrogen) atoms. The monoisotopic (exact) mass is 473 g/mol. The Kier molecular flexibility index (Phi) is 6.77. The van der Waals surface area contributed by atoms with Crippen LogP contribution >= 0.6 is 11.8 Å². The number of hydrogen-bond acceptors (Lipinski definition) is 6. The molecule has 1 fully saturated rings. The highest BCUT2D eigenvalue weighted by molar-refractivity contribution is 7.99. The molecule has 1 aliphatic heterocycles. The summed E-state index contributed by atoms with van der Waals surface area (Å²) < 4.78 is 28.4. The number of aromatic amines is 1. The summed E-state index contributed by atoms with van der Waals surface area (Å²) in [6.45, 7) is 1.38. The van der Waals surface area contributed by atoms with E-state index in [-0.39, 0.29) is 22.2 Å². The molecule has 1 aliphatic rings. The minimum Gasteiger partial charge on any atom is -0.325 e. The van der Waals surface area contributed by atoms with Crippen LogP contribution in [0.5, 0.6) is 0 Å². The second-order valence-electron chi connectivity index (χ2n) is 7.36. The highest BCUT2D eigenvalue weighted by atomic mass is 32.2. The first kappa shape index (κ1) is 22.3. The topological polar surface area (TPSA) is 117 Å². The highest BCUT2D eigenvalue weighted by Gasteiger charge is 2.27. The minimum atomic E-state index is -3.56. The third kappa shape index (κ3) is 5.12. The van der Waals surface area contributed by atoms with Crippen molar-refractivity contribution in [2.45, 2.75) is 29.4 Å². The summed E-state index contributed by atoms with van der Waals surface area (Å²) in [6.07, 6.45) is 1.71. The molecule has 168 valence electrons. The van der Waals surface area contributed by atoms with E-state index in [4.69, 9.17) is 0 Å². The number of carbonyl (C=O) groups is 1. The molecular formula is C21H23N5O4S2. The van der Waals surface area contributed by atoms with Crippen LogP contribution in [0.1, 0.15) is 18.4 Å². The Morgan fingerprint density at radius 2 is 1.84 bits per heavy atom. The van der Waals surface area contributed by atoms with Crippen molar-refractivity contribution in [2.75, 3.05) is 24.2 Å². The number of sulfonamides is 1. The van der Waals surface area contributed by atoms with Crippen LogP contribution in [0.2, 0.25) is 0 Å². The minimum absolute atomic E-state index is 0.0161. The molecule has 1 aromatic heterocycles. The molecule has 11 heteroatoms. The molecule has 1 amide bonds. The number of hydrogen-bond donors (Lipinski definition) is 2. The van der Waals surface area contributed by atoms with Crippen molar-refractivity contribution < 1.29 is 13.2 Å². The summed E-state index contributed by atoms with van der Waals surface area (Å²) in [4.78, 5) is 24.7. The molecule has 3 aromatic rings. The second kappa shape index (κ2) is 9.72. The second-order valence-corrected chi connectivity index (χ2v) is 10.2. The fourth-order valence-corrected chi connectivity index (χ4v) is 5.77. The summed E-state index contributed by atoms with van der Waals surface area (Å²) in [5.41, 5.74) is 0.995. The first-order valence-electron chi connectivity index (χ1n) is 10.2. The van der Waals surface area contributed by atoms with Crippen molar-refractivity contribution in [1.29, 1.82) is 0 Å². The third-order valence-corrected chi connectivity index (χ3v) is 7.93. The number of rotatable bonds is 8. The molecule has 1 saturated heterocycles. The number of nitrogens with one attached hydrogen (secondary N) is 2. The van der Waals surface area contributed by atoms with Gasteiger partial charge in [0.25, 0.3) is 0 Å². The van der Waals surface area contributed by atoms with Gasteiger partial charge in [0.2, 0.25) is 15.9 Å². The Hall–Kier alpha value is -2.89. The lowest BCUT2D eigenvalue weighted by Crippen LogP contribution is -2.28. The van der Waals surface area contributed by atoms with E-state index in [0.29, 0.717) is 30.5 Å². The highest BCUT2D eigenvalue weighted by Crippen LogP contribution is 2.23. The van der Waals surface area contributed by atoms with Crippen LogP contribution in [-0.4, -0.2) is 52.2 Å². The van der Waals surface area contributed by atoms with Gasteiger partial charge in [-0.25, -0.2) is 18.3 Å². The number of aromatic nitrogens is 3. The van der Waals surface area contributed by atoms with Gasteiger partial charge in [-0.05, 0) is 36.6 Å². The number of nitrogens with zero attached hydrogens (tertiary/aromatic N) is 3. The Labute approximate surface area is 189 Å². The largest absolute Gasteiger partial charge is 0.344 e. The molecule has 0 saturated carbocycles. The standard InChI is InChI=1S/C21H23N5O4S2/c27-19(15-31-21-24-23-20(28)26(21)14-16-7-2-1-3-8-16)22-17-9-6-10-18(13-17)32(29,30)25-11-4-5-12-25/h1-3,6-10,13H,4-5,11-12,14-15H2,(H,22,27)(H,23,28). The molecule has 4 rings (SSSR count). The van der Waals surface area contributed by atoms with Gasteiger partial charge in [0.05, 0.1) is 17.2 Å². The summed E-state index contributed by atoms with van der Waals surface area (Å²) >= 11 is 1.13. The van der Waals surface area contributed by atoms with Crippen molar-refractivity contribution in [3.63, 3.8) is 0 Å². The lowest BCUT2D eigenvalue weighted by atomic mass is 10.2. The van der Waals surface area contributed by atoms with Gasteiger partial charge in [0.1, 0.15) is 0 Å². The van der Waals surface area contributed by atoms with Crippen LogP contribution in [0, 0.1) is 0 Å². The third-order valence-electron chi connectivity index (χ3n) is 5.06. The van der Waals surface area contributed by atoms with Crippen molar-refractivity contribution in [3.05, 3.63) is 70.6 Å². The molecule has 0 unspecified atom stereocenters. The first-order chi connectivity index (χ1) is 15.4. The Morgan fingerprint density at radius 3 is 2.59 bits per heavy atom. The lowest BCUT2D eigenvalue weighted by molar-refractivity contribution is -0.113. The van der Waals surface area contributed by atoms with E-state index < -0.39 is 10.0 Å². The van der Waals surface area contributed by atoms with E-state index >= 15 is 0 Å². The van der Waals surface area contributed by atoms with Crippen LogP contribution in [0.15, 0.2) is 69.4 Å². The number of thioether (sulfide) groups is 1. The van der Waals surface area contributed by atoms with Crippen LogP contribution < -0.4 is 11.0 Å². The van der Waals surface area contributed by atoms with E-state index in [1.165, 1.54) is 21.0 Å². The van der Waals surface area contributed by atoms with Gasteiger partial charge in [0.15, 0.2) is 5.16 Å². The summed E-state index contributed by atoms with van der Waals surface area (Å²) in [6, 6.07) is 15.7. The number of H-pyrrole nitrogens is 1. The quantitative estimate of drug-likeness (QED) is 0.484. The van der Waals surface area contributed by atoms with E-state index in [2.05, 4.69) is 15.5 Å². The zero-order chi connectivity index (χ0) is 22.6. The van der Waals surface area contributed by atoms with E-state index in [9.17, 15) is 18.0 Å². The maximum absolute atomic E-state index is 12.7. The fourth-order valence-electron chi connectivity index (χ4n) is 3.46. The molecule has 2 aromatic carbocycles. The summed E-state index contributed by atoms with van der Waals surface area (Å²) in [5, 5.41) is 9.55. The first-order valence-corrected chi connectivity index (χ1v) is 12.6.